The molecule has 3 fully saturated rings. The number of rotatable bonds is 4. The fourth-order valence-electron chi connectivity index (χ4n) is 5.95. The van der Waals surface area contributed by atoms with Crippen molar-refractivity contribution in [3.63, 3.8) is 0 Å². The van der Waals surface area contributed by atoms with E-state index >= 15 is 0 Å². The summed E-state index contributed by atoms with van der Waals surface area (Å²) in [7, 11) is 0. The molecule has 1 aromatic carbocycles. The molecular weight excluding hydrogens is 358 g/mol. The van der Waals surface area contributed by atoms with Crippen LogP contribution in [-0.2, 0) is 16.1 Å². The summed E-state index contributed by atoms with van der Waals surface area (Å²) in [5, 5.41) is 21.9. The maximum absolute atomic E-state index is 11.1. The summed E-state index contributed by atoms with van der Waals surface area (Å²) in [6.07, 6.45) is 2.95. The van der Waals surface area contributed by atoms with Crippen molar-refractivity contribution in [2.24, 2.45) is 22.7 Å². The Morgan fingerprint density at radius 1 is 1.32 bits per heavy atom. The first-order valence-electron chi connectivity index (χ1n) is 10.1. The number of non-ortho nitro benzene ring substituents is 1. The molecule has 4 rings (SSSR count). The van der Waals surface area contributed by atoms with Crippen LogP contribution >= 0.6 is 0 Å². The first-order valence-corrected chi connectivity index (χ1v) is 10.1. The molecule has 2 aliphatic carbocycles. The van der Waals surface area contributed by atoms with Crippen LogP contribution in [0.3, 0.4) is 0 Å². The highest BCUT2D eigenvalue weighted by atomic mass is 16.7. The fourth-order valence-corrected chi connectivity index (χ4v) is 5.95. The lowest BCUT2D eigenvalue weighted by atomic mass is 9.46. The lowest BCUT2D eigenvalue weighted by molar-refractivity contribution is -0.384. The second kappa shape index (κ2) is 6.94. The van der Waals surface area contributed by atoms with Gasteiger partial charge in [-0.05, 0) is 54.7 Å². The van der Waals surface area contributed by atoms with Crippen molar-refractivity contribution in [3.8, 4) is 0 Å². The number of hydrogen-bond donors (Lipinski definition) is 1. The summed E-state index contributed by atoms with van der Waals surface area (Å²) in [5.74, 6) is 0.367. The monoisotopic (exact) mass is 387 g/mol. The summed E-state index contributed by atoms with van der Waals surface area (Å²) in [4.78, 5) is 10.4. The van der Waals surface area contributed by atoms with Crippen molar-refractivity contribution in [1.82, 2.24) is 0 Å². The summed E-state index contributed by atoms with van der Waals surface area (Å²) in [5.41, 5.74) is 1.87. The predicted molar refractivity (Wildman–Crippen MR) is 104 cm³/mol. The van der Waals surface area contributed by atoms with Gasteiger partial charge in [0.15, 0.2) is 6.29 Å². The summed E-state index contributed by atoms with van der Waals surface area (Å²) in [6, 6.07) is 6.39. The van der Waals surface area contributed by atoms with Crippen LogP contribution in [-0.4, -0.2) is 29.0 Å². The maximum atomic E-state index is 11.1. The van der Waals surface area contributed by atoms with Crippen molar-refractivity contribution in [1.29, 1.82) is 0 Å². The lowest BCUT2D eigenvalue weighted by Crippen LogP contribution is -2.58. The highest BCUT2D eigenvalue weighted by Gasteiger charge is 2.65. The highest BCUT2D eigenvalue weighted by Crippen LogP contribution is 2.64. The maximum Gasteiger partial charge on any atom is 0.269 e. The normalized spacial score (nSPS) is 36.6. The molecule has 6 nitrogen and oxygen atoms in total. The molecule has 1 heterocycles. The molecule has 152 valence electrons. The zero-order valence-corrected chi connectivity index (χ0v) is 16.6. The van der Waals surface area contributed by atoms with Gasteiger partial charge in [-0.2, -0.15) is 0 Å². The first kappa shape index (κ1) is 19.6. The molecule has 1 spiro atoms. The molecule has 0 unspecified atom stereocenters. The quantitative estimate of drug-likeness (QED) is 0.475. The second-order valence-corrected chi connectivity index (χ2v) is 9.30. The molecule has 6 heteroatoms. The number of benzene rings is 1. The topological polar surface area (TPSA) is 81.8 Å². The SMILES string of the molecule is C=C1CC[C@H]2C(C)(C)CC[C@@H](O)[C@@]23CO[C@H](OCc2ccc([N+](=O)[O-])cc2)[C@@H]13. The fraction of sp³-hybridized carbons (Fsp3) is 0.636. The Morgan fingerprint density at radius 2 is 2.04 bits per heavy atom. The van der Waals surface area contributed by atoms with Gasteiger partial charge in [-0.25, -0.2) is 0 Å². The van der Waals surface area contributed by atoms with E-state index in [1.807, 2.05) is 0 Å². The number of ether oxygens (including phenoxy) is 2. The smallest absolute Gasteiger partial charge is 0.269 e. The molecule has 3 aliphatic rings. The Kier molecular flexibility index (Phi) is 4.84. The number of nitro benzene ring substituents is 1. The number of aliphatic hydroxyl groups excluding tert-OH is 1. The van der Waals surface area contributed by atoms with Gasteiger partial charge in [0.2, 0.25) is 0 Å². The molecule has 28 heavy (non-hydrogen) atoms. The van der Waals surface area contributed by atoms with Gasteiger partial charge in [0.1, 0.15) is 0 Å². The van der Waals surface area contributed by atoms with Crippen LogP contribution in [0.25, 0.3) is 0 Å². The van der Waals surface area contributed by atoms with E-state index in [1.54, 1.807) is 12.1 Å². The third-order valence-electron chi connectivity index (χ3n) is 7.38. The largest absolute Gasteiger partial charge is 0.392 e. The van der Waals surface area contributed by atoms with Crippen LogP contribution in [0.5, 0.6) is 0 Å². The van der Waals surface area contributed by atoms with Gasteiger partial charge in [0.25, 0.3) is 5.69 Å². The molecule has 1 N–H and O–H groups in total. The van der Waals surface area contributed by atoms with Crippen LogP contribution in [0.2, 0.25) is 0 Å². The molecule has 0 radical (unpaired) electrons. The van der Waals surface area contributed by atoms with Crippen LogP contribution < -0.4 is 0 Å². The minimum absolute atomic E-state index is 0.0149. The van der Waals surface area contributed by atoms with E-state index in [4.69, 9.17) is 9.47 Å². The van der Waals surface area contributed by atoms with E-state index < -0.39 is 17.3 Å². The lowest BCUT2D eigenvalue weighted by Gasteiger charge is -2.58. The Bertz CT molecular complexity index is 774. The average Bonchev–Trinajstić information content (AvgIpc) is 3.05. The van der Waals surface area contributed by atoms with Crippen LogP contribution in [0.15, 0.2) is 36.4 Å². The third kappa shape index (κ3) is 2.98. The molecule has 1 saturated heterocycles. The Morgan fingerprint density at radius 3 is 2.71 bits per heavy atom. The van der Waals surface area contributed by atoms with E-state index in [0.29, 0.717) is 19.1 Å². The van der Waals surface area contributed by atoms with Gasteiger partial charge < -0.3 is 14.6 Å². The van der Waals surface area contributed by atoms with Crippen molar-refractivity contribution in [2.75, 3.05) is 6.61 Å². The molecule has 2 saturated carbocycles. The third-order valence-corrected chi connectivity index (χ3v) is 7.38. The van der Waals surface area contributed by atoms with E-state index in [1.165, 1.54) is 12.1 Å². The van der Waals surface area contributed by atoms with E-state index in [0.717, 1.165) is 36.8 Å². The standard InChI is InChI=1S/C22H29NO5/c1-14-4-9-17-21(2,3)11-10-18(24)22(17)13-28-20(19(14)22)27-12-15-5-7-16(8-6-15)23(25)26/h5-8,17-20,24H,1,4,9-13H2,2-3H3/t17-,18+,19+,20-,22+/m0/s1. The van der Waals surface area contributed by atoms with Gasteiger partial charge in [0.05, 0.1) is 24.2 Å². The Hall–Kier alpha value is -1.76. The van der Waals surface area contributed by atoms with Gasteiger partial charge in [-0.1, -0.05) is 26.0 Å². The zero-order valence-electron chi connectivity index (χ0n) is 16.6. The van der Waals surface area contributed by atoms with Crippen LogP contribution in [0, 0.1) is 32.8 Å². The van der Waals surface area contributed by atoms with Crippen LogP contribution in [0.4, 0.5) is 5.69 Å². The number of nitrogens with zero attached hydrogens (tertiary/aromatic N) is 1. The molecule has 5 atom stereocenters. The van der Waals surface area contributed by atoms with Gasteiger partial charge >= 0.3 is 0 Å². The average molecular weight is 387 g/mol. The summed E-state index contributed by atoms with van der Waals surface area (Å²) < 4.78 is 12.3. The van der Waals surface area contributed by atoms with Crippen molar-refractivity contribution < 1.29 is 19.5 Å². The van der Waals surface area contributed by atoms with E-state index in [-0.39, 0.29) is 22.4 Å². The Balaban J connectivity index is 1.54. The second-order valence-electron chi connectivity index (χ2n) is 9.30. The minimum Gasteiger partial charge on any atom is -0.392 e. The van der Waals surface area contributed by atoms with Crippen molar-refractivity contribution in [3.05, 3.63) is 52.1 Å². The molecule has 0 amide bonds. The molecule has 1 aliphatic heterocycles. The molecule has 0 aromatic heterocycles. The summed E-state index contributed by atoms with van der Waals surface area (Å²) in [6.45, 7) is 9.74. The minimum atomic E-state index is -0.436. The van der Waals surface area contributed by atoms with E-state index in [2.05, 4.69) is 20.4 Å². The van der Waals surface area contributed by atoms with Gasteiger partial charge in [-0.3, -0.25) is 10.1 Å². The predicted octanol–water partition coefficient (Wildman–Crippen LogP) is 4.22. The summed E-state index contributed by atoms with van der Waals surface area (Å²) >= 11 is 0. The van der Waals surface area contributed by atoms with Gasteiger partial charge in [0, 0.05) is 23.5 Å². The number of aliphatic hydroxyl groups is 1. The van der Waals surface area contributed by atoms with Crippen LogP contribution in [0.1, 0.15) is 45.1 Å². The Labute approximate surface area is 165 Å². The molecule has 1 aromatic rings. The van der Waals surface area contributed by atoms with E-state index in [9.17, 15) is 15.2 Å². The van der Waals surface area contributed by atoms with Crippen molar-refractivity contribution in [2.45, 2.75) is 58.5 Å². The molecule has 0 bridgehead atoms. The van der Waals surface area contributed by atoms with Crippen molar-refractivity contribution >= 4 is 5.69 Å². The highest BCUT2D eigenvalue weighted by molar-refractivity contribution is 5.32. The van der Waals surface area contributed by atoms with Gasteiger partial charge in [-0.15, -0.1) is 0 Å². The molecular formula is C22H29NO5. The first-order chi connectivity index (χ1) is 13.3. The number of nitro groups is 1. The zero-order chi connectivity index (χ0) is 20.1. The number of hydrogen-bond acceptors (Lipinski definition) is 5.